The minimum atomic E-state index is -4.64. The molecule has 0 saturated heterocycles. The predicted octanol–water partition coefficient (Wildman–Crippen LogP) is -4.08. The Balaban J connectivity index is -0.00000000655. The molecule has 0 bridgehead atoms. The van der Waals surface area contributed by atoms with Crippen molar-refractivity contribution in [2.75, 3.05) is 0 Å². The van der Waals surface area contributed by atoms with Gasteiger partial charge in [0.1, 0.15) is 0 Å². The van der Waals surface area contributed by atoms with Crippen molar-refractivity contribution in [3.63, 3.8) is 0 Å². The van der Waals surface area contributed by atoms with E-state index in [1.807, 2.05) is 0 Å². The molecular formula is H17Ca3O13P3. The van der Waals surface area contributed by atoms with Gasteiger partial charge in [-0.25, -0.2) is 13.7 Å². The van der Waals surface area contributed by atoms with E-state index in [0.717, 1.165) is 0 Å². The van der Waals surface area contributed by atoms with Crippen LogP contribution in [0.2, 0.25) is 0 Å². The SMILES string of the molecule is O.O=P(O)(O)O.O=P(O)(O)O.O=P(O)(O)O.[Ca+2].[Ca+2].[Ca+2].[H-].[H-].[H-].[H-].[H-].[H-]. The first-order chi connectivity index (χ1) is 6.00. The maximum Gasteiger partial charge on any atom is 2.00 e. The van der Waals surface area contributed by atoms with Gasteiger partial charge in [0.2, 0.25) is 0 Å². The summed E-state index contributed by atoms with van der Waals surface area (Å²) < 4.78 is 26.6. The molecule has 0 spiro atoms. The number of hydrogen-bond donors (Lipinski definition) is 9. The molecule has 0 aromatic heterocycles. The largest absolute Gasteiger partial charge is 2.00 e. The summed E-state index contributed by atoms with van der Waals surface area (Å²) in [6, 6.07) is 0. The van der Waals surface area contributed by atoms with E-state index in [-0.39, 0.29) is 127 Å². The molecule has 13 nitrogen and oxygen atoms in total. The van der Waals surface area contributed by atoms with Crippen LogP contribution in [-0.4, -0.2) is 163 Å². The Morgan fingerprint density at radius 1 is 0.474 bits per heavy atom. The fraction of sp³-hybridized carbons (Fsp3) is 0. The molecule has 0 saturated carbocycles. The van der Waals surface area contributed by atoms with Crippen LogP contribution in [0.5, 0.6) is 0 Å². The van der Waals surface area contributed by atoms with Crippen molar-refractivity contribution in [3.05, 3.63) is 0 Å². The van der Waals surface area contributed by atoms with Crippen LogP contribution in [0, 0.1) is 0 Å². The van der Waals surface area contributed by atoms with Gasteiger partial charge in [-0.15, -0.1) is 0 Å². The molecule has 0 aliphatic rings. The molecule has 11 N–H and O–H groups in total. The van der Waals surface area contributed by atoms with Crippen molar-refractivity contribution >= 4 is 137 Å². The zero-order valence-electron chi connectivity index (χ0n) is 15.2. The van der Waals surface area contributed by atoms with Gasteiger partial charge in [0.15, 0.2) is 0 Å². The van der Waals surface area contributed by atoms with Gasteiger partial charge >= 0.3 is 137 Å². The van der Waals surface area contributed by atoms with Gasteiger partial charge < -0.3 is 58.1 Å². The zero-order chi connectivity index (χ0) is 13.5. The molecule has 0 aliphatic heterocycles. The third-order valence-corrected chi connectivity index (χ3v) is 0. The van der Waals surface area contributed by atoms with Gasteiger partial charge in [-0.05, 0) is 0 Å². The van der Waals surface area contributed by atoms with Crippen LogP contribution in [0.15, 0.2) is 0 Å². The standard InChI is InChI=1S/3Ca.3H3O4P.H2O.6H/c;;;3*1-5(2,3)4;;;;;;;/h;;;3*(H3,1,2,3,4);1H2;;;;;;/q3*+2;;;;;6*-1. The van der Waals surface area contributed by atoms with E-state index < -0.39 is 23.5 Å². The van der Waals surface area contributed by atoms with E-state index in [1.165, 1.54) is 0 Å². The van der Waals surface area contributed by atoms with E-state index in [0.29, 0.717) is 0 Å². The molecule has 19 heavy (non-hydrogen) atoms. The average Bonchev–Trinajstić information content (AvgIpc) is 1.41. The van der Waals surface area contributed by atoms with Crippen LogP contribution < -0.4 is 0 Å². The summed E-state index contributed by atoms with van der Waals surface area (Å²) in [5.41, 5.74) is 0. The molecular weight excluding hydrogens is 421 g/mol. The second-order valence-electron chi connectivity index (χ2n) is 1.54. The number of rotatable bonds is 0. The van der Waals surface area contributed by atoms with E-state index in [1.54, 1.807) is 0 Å². The van der Waals surface area contributed by atoms with Crippen LogP contribution in [-0.2, 0) is 13.7 Å². The third-order valence-electron chi connectivity index (χ3n) is 0. The minimum Gasteiger partial charge on any atom is -1.00 e. The topological polar surface area (TPSA) is 265 Å². The van der Waals surface area contributed by atoms with Gasteiger partial charge in [0.25, 0.3) is 0 Å². The molecule has 0 aliphatic carbocycles. The molecule has 0 fully saturated rings. The fourth-order valence-corrected chi connectivity index (χ4v) is 0. The summed E-state index contributed by atoms with van der Waals surface area (Å²) >= 11 is 0. The summed E-state index contributed by atoms with van der Waals surface area (Å²) in [7, 11) is -13.9. The Morgan fingerprint density at radius 2 is 0.474 bits per heavy atom. The molecule has 0 aromatic carbocycles. The fourth-order valence-electron chi connectivity index (χ4n) is 0. The smallest absolute Gasteiger partial charge is 1.00 e. The zero-order valence-corrected chi connectivity index (χ0v) is 18.5. The van der Waals surface area contributed by atoms with Crippen molar-refractivity contribution < 1.29 is 71.8 Å². The second-order valence-corrected chi connectivity index (χ2v) is 4.62. The van der Waals surface area contributed by atoms with Crippen molar-refractivity contribution in [2.24, 2.45) is 0 Å². The molecule has 0 rings (SSSR count). The third kappa shape index (κ3) is 537. The quantitative estimate of drug-likeness (QED) is 0.129. The summed E-state index contributed by atoms with van der Waals surface area (Å²) in [4.78, 5) is 64.7. The molecule has 0 heterocycles. The Morgan fingerprint density at radius 3 is 0.474 bits per heavy atom. The van der Waals surface area contributed by atoms with Crippen molar-refractivity contribution in [1.29, 1.82) is 0 Å². The number of hydrogen-bond acceptors (Lipinski definition) is 3. The first-order valence-corrected chi connectivity index (χ1v) is 7.04. The first kappa shape index (κ1) is 43.5. The summed E-state index contributed by atoms with van der Waals surface area (Å²) in [6.45, 7) is 0. The maximum absolute atomic E-state index is 8.88. The Labute approximate surface area is 205 Å². The Hall–Kier alpha value is 4.07. The van der Waals surface area contributed by atoms with Crippen LogP contribution in [0.3, 0.4) is 0 Å². The monoisotopic (exact) mass is 438 g/mol. The molecule has 0 radical (unpaired) electrons. The molecule has 0 aromatic rings. The van der Waals surface area contributed by atoms with Crippen molar-refractivity contribution in [1.82, 2.24) is 0 Å². The van der Waals surface area contributed by atoms with Crippen molar-refractivity contribution in [2.45, 2.75) is 0 Å². The van der Waals surface area contributed by atoms with Crippen LogP contribution in [0.25, 0.3) is 0 Å². The van der Waals surface area contributed by atoms with Crippen LogP contribution in [0.1, 0.15) is 8.56 Å². The molecule has 0 unspecified atom stereocenters. The Bertz CT molecular complexity index is 229. The molecule has 116 valence electrons. The summed E-state index contributed by atoms with van der Waals surface area (Å²) in [5, 5.41) is 0. The maximum atomic E-state index is 8.88. The van der Waals surface area contributed by atoms with E-state index in [2.05, 4.69) is 0 Å². The van der Waals surface area contributed by atoms with E-state index in [9.17, 15) is 0 Å². The van der Waals surface area contributed by atoms with Gasteiger partial charge in [-0.2, -0.15) is 0 Å². The van der Waals surface area contributed by atoms with Crippen molar-refractivity contribution in [3.8, 4) is 0 Å². The normalized spacial score (nSPS) is 9.32. The number of phosphoric acid groups is 3. The first-order valence-electron chi connectivity index (χ1n) is 2.35. The Kier molecular flexibility index (Phi) is 46.1. The molecule has 19 heteroatoms. The molecule has 0 amide bonds. The second kappa shape index (κ2) is 20.1. The van der Waals surface area contributed by atoms with Gasteiger partial charge in [-0.3, -0.25) is 0 Å². The predicted molar refractivity (Wildman–Crippen MR) is 70.3 cm³/mol. The van der Waals surface area contributed by atoms with Crippen LogP contribution in [0.4, 0.5) is 0 Å². The summed E-state index contributed by atoms with van der Waals surface area (Å²) in [6.07, 6.45) is 0. The van der Waals surface area contributed by atoms with E-state index in [4.69, 9.17) is 57.7 Å². The molecule has 0 atom stereocenters. The van der Waals surface area contributed by atoms with E-state index >= 15 is 0 Å². The van der Waals surface area contributed by atoms with Gasteiger partial charge in [0, 0.05) is 0 Å². The van der Waals surface area contributed by atoms with Gasteiger partial charge in [0.05, 0.1) is 0 Å². The average molecular weight is 438 g/mol. The summed E-state index contributed by atoms with van der Waals surface area (Å²) in [5.74, 6) is 0. The van der Waals surface area contributed by atoms with Gasteiger partial charge in [-0.1, -0.05) is 0 Å². The van der Waals surface area contributed by atoms with Crippen LogP contribution >= 0.6 is 23.5 Å². The minimum absolute atomic E-state index is 0.